The maximum absolute atomic E-state index is 13.8. The van der Waals surface area contributed by atoms with E-state index in [4.69, 9.17) is 9.47 Å². The van der Waals surface area contributed by atoms with Gasteiger partial charge in [-0.3, -0.25) is 14.4 Å². The van der Waals surface area contributed by atoms with Crippen LogP contribution in [0.4, 0.5) is 10.1 Å². The second-order valence-electron chi connectivity index (χ2n) is 8.69. The van der Waals surface area contributed by atoms with Gasteiger partial charge in [0, 0.05) is 11.6 Å². The highest BCUT2D eigenvalue weighted by Crippen LogP contribution is 2.34. The molecule has 0 N–H and O–H groups in total. The van der Waals surface area contributed by atoms with E-state index in [9.17, 15) is 18.8 Å². The Bertz CT molecular complexity index is 1060. The predicted octanol–water partition coefficient (Wildman–Crippen LogP) is 4.34. The predicted molar refractivity (Wildman–Crippen MR) is 125 cm³/mol. The van der Waals surface area contributed by atoms with Gasteiger partial charge in [-0.2, -0.15) is 0 Å². The van der Waals surface area contributed by atoms with Crippen molar-refractivity contribution in [3.63, 3.8) is 0 Å². The van der Waals surface area contributed by atoms with Gasteiger partial charge < -0.3 is 14.4 Å². The Hall–Kier alpha value is -3.42. The van der Waals surface area contributed by atoms with Crippen molar-refractivity contribution < 1.29 is 28.2 Å². The molecule has 1 saturated heterocycles. The van der Waals surface area contributed by atoms with Crippen LogP contribution >= 0.6 is 0 Å². The van der Waals surface area contributed by atoms with Crippen LogP contribution in [0, 0.1) is 5.82 Å². The number of methoxy groups -OCH3 is 2. The lowest BCUT2D eigenvalue weighted by Crippen LogP contribution is -2.50. The molecule has 4 rings (SSSR count). The Kier molecular flexibility index (Phi) is 7.14. The number of nitrogens with zero attached hydrogens (tertiary/aromatic N) is 2. The number of ether oxygens (including phenoxy) is 2. The highest BCUT2D eigenvalue weighted by molar-refractivity contribution is 6.23. The fourth-order valence-corrected chi connectivity index (χ4v) is 4.91. The molecule has 2 fully saturated rings. The number of carbonyl (C=O) groups is 3. The molecule has 1 aliphatic heterocycles. The van der Waals surface area contributed by atoms with E-state index in [2.05, 4.69) is 0 Å². The average Bonchev–Trinajstić information content (AvgIpc) is 3.01. The summed E-state index contributed by atoms with van der Waals surface area (Å²) < 4.78 is 24.1. The summed E-state index contributed by atoms with van der Waals surface area (Å²) in [6.07, 6.45) is 5.50. The third-order valence-corrected chi connectivity index (χ3v) is 6.63. The molecular formula is C26H29FN2O5. The Morgan fingerprint density at radius 3 is 2.21 bits per heavy atom. The van der Waals surface area contributed by atoms with Crippen LogP contribution in [0.1, 0.15) is 55.3 Å². The summed E-state index contributed by atoms with van der Waals surface area (Å²) in [6.45, 7) is 0. The number of rotatable bonds is 6. The summed E-state index contributed by atoms with van der Waals surface area (Å²) in [6, 6.07) is 9.06. The monoisotopic (exact) mass is 468 g/mol. The minimum absolute atomic E-state index is 0.105. The second-order valence-corrected chi connectivity index (χ2v) is 8.69. The summed E-state index contributed by atoms with van der Waals surface area (Å²) in [5.74, 6) is -0.733. The Labute approximate surface area is 198 Å². The molecule has 0 bridgehead atoms. The molecule has 1 aliphatic carbocycles. The van der Waals surface area contributed by atoms with Crippen molar-refractivity contribution in [3.05, 3.63) is 53.8 Å². The van der Waals surface area contributed by atoms with Gasteiger partial charge in [-0.25, -0.2) is 9.29 Å². The topological polar surface area (TPSA) is 76.2 Å². The first-order valence-electron chi connectivity index (χ1n) is 11.6. The maximum atomic E-state index is 13.8. The van der Waals surface area contributed by atoms with E-state index in [0.29, 0.717) is 22.7 Å². The first-order valence-corrected chi connectivity index (χ1v) is 11.6. The fourth-order valence-electron chi connectivity index (χ4n) is 4.91. The van der Waals surface area contributed by atoms with E-state index in [1.54, 1.807) is 23.1 Å². The van der Waals surface area contributed by atoms with Crippen LogP contribution < -0.4 is 14.4 Å². The lowest BCUT2D eigenvalue weighted by Gasteiger charge is -2.35. The number of carbonyl (C=O) groups excluding carboxylic acids is 3. The van der Waals surface area contributed by atoms with Crippen molar-refractivity contribution in [2.24, 2.45) is 0 Å². The zero-order chi connectivity index (χ0) is 24.2. The minimum Gasteiger partial charge on any atom is -0.493 e. The molecule has 1 unspecified atom stereocenters. The van der Waals surface area contributed by atoms with E-state index in [1.165, 1.54) is 38.5 Å². The first kappa shape index (κ1) is 23.7. The molecule has 0 radical (unpaired) electrons. The number of hydrogen-bond donors (Lipinski definition) is 0. The van der Waals surface area contributed by atoms with Gasteiger partial charge in [0.2, 0.25) is 5.91 Å². The first-order chi connectivity index (χ1) is 16.4. The molecule has 2 aliphatic rings. The lowest BCUT2D eigenvalue weighted by atomic mass is 10.0. The maximum Gasteiger partial charge on any atom is 0.257 e. The summed E-state index contributed by atoms with van der Waals surface area (Å²) in [7, 11) is 3.01. The van der Waals surface area contributed by atoms with Gasteiger partial charge in [0.25, 0.3) is 11.8 Å². The summed E-state index contributed by atoms with van der Waals surface area (Å²) in [5.41, 5.74) is 0.667. The molecular weight excluding hydrogens is 439 g/mol. The third-order valence-electron chi connectivity index (χ3n) is 6.63. The Morgan fingerprint density at radius 1 is 0.941 bits per heavy atom. The smallest absolute Gasteiger partial charge is 0.257 e. The standard InChI is InChI=1S/C26H29FN2O5/c1-33-22-14-9-17(15-23(22)34-2)25(31)28(19-7-5-3-4-6-8-19)21-16-24(30)29(26(21)32)20-12-10-18(27)11-13-20/h9-15,19,21H,3-8,16H2,1-2H3. The zero-order valence-corrected chi connectivity index (χ0v) is 19.5. The fraction of sp³-hybridized carbons (Fsp3) is 0.423. The number of anilines is 1. The van der Waals surface area contributed by atoms with Crippen molar-refractivity contribution in [1.29, 1.82) is 0 Å². The van der Waals surface area contributed by atoms with Gasteiger partial charge in [-0.05, 0) is 55.3 Å². The lowest BCUT2D eigenvalue weighted by molar-refractivity contribution is -0.123. The Balaban J connectivity index is 1.70. The average molecular weight is 469 g/mol. The SMILES string of the molecule is COc1ccc(C(=O)N(C2CCCCCC2)C2CC(=O)N(c3ccc(F)cc3)C2=O)cc1OC. The van der Waals surface area contributed by atoms with Crippen molar-refractivity contribution >= 4 is 23.4 Å². The van der Waals surface area contributed by atoms with E-state index < -0.39 is 23.7 Å². The molecule has 8 heteroatoms. The van der Waals surface area contributed by atoms with E-state index in [1.807, 2.05) is 0 Å². The van der Waals surface area contributed by atoms with Gasteiger partial charge in [-0.1, -0.05) is 25.7 Å². The molecule has 34 heavy (non-hydrogen) atoms. The van der Waals surface area contributed by atoms with Crippen LogP contribution in [0.2, 0.25) is 0 Å². The summed E-state index contributed by atoms with van der Waals surface area (Å²) in [4.78, 5) is 42.9. The van der Waals surface area contributed by atoms with Crippen LogP contribution in [0.25, 0.3) is 0 Å². The number of hydrogen-bond acceptors (Lipinski definition) is 5. The summed E-state index contributed by atoms with van der Waals surface area (Å²) in [5, 5.41) is 0. The van der Waals surface area contributed by atoms with Crippen molar-refractivity contribution in [2.45, 2.75) is 57.0 Å². The normalized spacial score (nSPS) is 19.1. The van der Waals surface area contributed by atoms with Crippen LogP contribution in [0.3, 0.4) is 0 Å². The van der Waals surface area contributed by atoms with Crippen LogP contribution in [-0.2, 0) is 9.59 Å². The number of halogens is 1. The zero-order valence-electron chi connectivity index (χ0n) is 19.5. The van der Waals surface area contributed by atoms with Crippen molar-refractivity contribution in [1.82, 2.24) is 4.90 Å². The van der Waals surface area contributed by atoms with Gasteiger partial charge in [0.15, 0.2) is 11.5 Å². The molecule has 180 valence electrons. The molecule has 7 nitrogen and oxygen atoms in total. The van der Waals surface area contributed by atoms with Gasteiger partial charge in [0.1, 0.15) is 11.9 Å². The van der Waals surface area contributed by atoms with Gasteiger partial charge >= 0.3 is 0 Å². The van der Waals surface area contributed by atoms with Gasteiger partial charge in [0.05, 0.1) is 26.3 Å². The number of amides is 3. The molecule has 1 saturated carbocycles. The van der Waals surface area contributed by atoms with Crippen molar-refractivity contribution in [3.8, 4) is 11.5 Å². The van der Waals surface area contributed by atoms with Crippen LogP contribution in [0.15, 0.2) is 42.5 Å². The van der Waals surface area contributed by atoms with E-state index in [-0.39, 0.29) is 18.4 Å². The summed E-state index contributed by atoms with van der Waals surface area (Å²) >= 11 is 0. The second kappa shape index (κ2) is 10.2. The van der Waals surface area contributed by atoms with Gasteiger partial charge in [-0.15, -0.1) is 0 Å². The highest BCUT2D eigenvalue weighted by Gasteiger charge is 2.46. The molecule has 2 aromatic carbocycles. The van der Waals surface area contributed by atoms with E-state index >= 15 is 0 Å². The number of benzene rings is 2. The quantitative estimate of drug-likeness (QED) is 0.466. The largest absolute Gasteiger partial charge is 0.493 e. The number of imide groups is 1. The van der Waals surface area contributed by atoms with Crippen molar-refractivity contribution in [2.75, 3.05) is 19.1 Å². The molecule has 0 aromatic heterocycles. The van der Waals surface area contributed by atoms with Crippen LogP contribution in [0.5, 0.6) is 11.5 Å². The molecule has 1 heterocycles. The third kappa shape index (κ3) is 4.62. The molecule has 0 spiro atoms. The van der Waals surface area contributed by atoms with E-state index in [0.717, 1.165) is 43.4 Å². The van der Waals surface area contributed by atoms with Crippen LogP contribution in [-0.4, -0.2) is 48.9 Å². The highest BCUT2D eigenvalue weighted by atomic mass is 19.1. The molecule has 3 amide bonds. The Morgan fingerprint density at radius 2 is 1.59 bits per heavy atom. The molecule has 2 aromatic rings. The molecule has 1 atom stereocenters. The minimum atomic E-state index is -0.916.